The third-order valence-electron chi connectivity index (χ3n) is 3.85. The van der Waals surface area contributed by atoms with E-state index in [-0.39, 0.29) is 11.5 Å². The Morgan fingerprint density at radius 2 is 1.92 bits per heavy atom. The van der Waals surface area contributed by atoms with Crippen LogP contribution in [0.25, 0.3) is 10.9 Å². The number of nitrogens with zero attached hydrogens (tertiary/aromatic N) is 2. The van der Waals surface area contributed by atoms with Crippen LogP contribution in [0.15, 0.2) is 63.0 Å². The Balaban J connectivity index is 1.69. The molecule has 1 N–H and O–H groups in total. The predicted molar refractivity (Wildman–Crippen MR) is 110 cm³/mol. The van der Waals surface area contributed by atoms with E-state index in [1.807, 2.05) is 49.4 Å². The van der Waals surface area contributed by atoms with Crippen LogP contribution in [0.1, 0.15) is 13.3 Å². The Bertz CT molecular complexity index is 1000. The average Bonchev–Trinajstić information content (AvgIpc) is 2.64. The van der Waals surface area contributed by atoms with Crippen LogP contribution in [0.2, 0.25) is 0 Å². The molecule has 1 amide bonds. The van der Waals surface area contributed by atoms with Gasteiger partial charge in [0.1, 0.15) is 0 Å². The van der Waals surface area contributed by atoms with E-state index in [0.717, 1.165) is 10.2 Å². The molecule has 2 aromatic carbocycles. The minimum Gasteiger partial charge on any atom is -0.325 e. The smallest absolute Gasteiger partial charge is 0.262 e. The molecule has 7 heteroatoms. The maximum atomic E-state index is 12.6. The molecule has 0 aliphatic rings. The number of fused-ring (bicyclic) bond motifs is 1. The molecule has 0 unspecified atom stereocenters. The summed E-state index contributed by atoms with van der Waals surface area (Å²) in [6.07, 6.45) is 0.332. The van der Waals surface area contributed by atoms with Crippen LogP contribution in [0.5, 0.6) is 0 Å². The van der Waals surface area contributed by atoms with Crippen LogP contribution < -0.4 is 10.9 Å². The van der Waals surface area contributed by atoms with Crippen LogP contribution in [0.4, 0.5) is 5.69 Å². The van der Waals surface area contributed by atoms with Gasteiger partial charge >= 0.3 is 0 Å². The first-order valence-electron chi connectivity index (χ1n) is 8.27. The van der Waals surface area contributed by atoms with Crippen molar-refractivity contribution in [2.24, 2.45) is 0 Å². The van der Waals surface area contributed by atoms with E-state index < -0.39 is 0 Å². The summed E-state index contributed by atoms with van der Waals surface area (Å²) in [5.74, 6) is 0.469. The summed E-state index contributed by atoms with van der Waals surface area (Å²) >= 11 is 4.83. The highest BCUT2D eigenvalue weighted by Crippen LogP contribution is 2.22. The molecule has 0 bridgehead atoms. The van der Waals surface area contributed by atoms with Crippen molar-refractivity contribution < 1.29 is 4.79 Å². The Labute approximate surface area is 164 Å². The van der Waals surface area contributed by atoms with E-state index >= 15 is 0 Å². The third-order valence-corrected chi connectivity index (χ3v) is 5.52. The van der Waals surface area contributed by atoms with Gasteiger partial charge in [-0.2, -0.15) is 0 Å². The molecule has 0 radical (unpaired) electrons. The number of thioether (sulfide) groups is 1. The zero-order chi connectivity index (χ0) is 18.5. The first-order chi connectivity index (χ1) is 12.6. The molecule has 0 saturated heterocycles. The Hall–Kier alpha value is -2.12. The molecular formula is C19H18BrN3O2S. The number of hydrogen-bond donors (Lipinski definition) is 1. The Kier molecular flexibility index (Phi) is 6.11. The number of carbonyl (C=O) groups excluding carboxylic acids is 1. The average molecular weight is 432 g/mol. The molecule has 0 atom stereocenters. The van der Waals surface area contributed by atoms with Gasteiger partial charge in [0.05, 0.1) is 16.6 Å². The number of carbonyl (C=O) groups is 1. The minimum absolute atomic E-state index is 0.0433. The van der Waals surface area contributed by atoms with Crippen molar-refractivity contribution in [2.45, 2.75) is 25.0 Å². The summed E-state index contributed by atoms with van der Waals surface area (Å²) < 4.78 is 2.50. The number of benzene rings is 2. The number of nitrogens with one attached hydrogen (secondary N) is 1. The summed E-state index contributed by atoms with van der Waals surface area (Å²) in [5.41, 5.74) is 1.39. The van der Waals surface area contributed by atoms with Crippen molar-refractivity contribution in [1.29, 1.82) is 0 Å². The molecule has 0 saturated carbocycles. The monoisotopic (exact) mass is 431 g/mol. The van der Waals surface area contributed by atoms with Gasteiger partial charge in [-0.1, -0.05) is 36.0 Å². The fraction of sp³-hybridized carbons (Fsp3) is 0.211. The molecule has 0 spiro atoms. The molecule has 3 aromatic rings. The first kappa shape index (κ1) is 18.7. The fourth-order valence-corrected chi connectivity index (χ4v) is 3.93. The number of rotatable bonds is 6. The van der Waals surface area contributed by atoms with E-state index in [1.165, 1.54) is 11.8 Å². The van der Waals surface area contributed by atoms with Gasteiger partial charge in [0, 0.05) is 23.2 Å². The number of para-hydroxylation sites is 2. The van der Waals surface area contributed by atoms with Gasteiger partial charge in [-0.3, -0.25) is 14.2 Å². The van der Waals surface area contributed by atoms with Crippen molar-refractivity contribution in [3.8, 4) is 0 Å². The second-order valence-corrected chi connectivity index (χ2v) is 7.50. The standard InChI is InChI=1S/C19H18BrN3O2S/c1-2-23-18(25)13-7-3-5-9-15(13)22-19(23)26-12-11-17(24)21-16-10-6-4-8-14(16)20/h3-10H,2,11-12H2,1H3,(H,21,24). The van der Waals surface area contributed by atoms with Crippen molar-refractivity contribution in [3.05, 3.63) is 63.4 Å². The molecule has 26 heavy (non-hydrogen) atoms. The summed E-state index contributed by atoms with van der Waals surface area (Å²) in [6.45, 7) is 2.46. The van der Waals surface area contributed by atoms with Crippen LogP contribution >= 0.6 is 27.7 Å². The van der Waals surface area contributed by atoms with Crippen molar-refractivity contribution in [2.75, 3.05) is 11.1 Å². The van der Waals surface area contributed by atoms with Gasteiger partial charge in [-0.25, -0.2) is 4.98 Å². The normalized spacial score (nSPS) is 10.8. The quantitative estimate of drug-likeness (QED) is 0.466. The van der Waals surface area contributed by atoms with Gasteiger partial charge < -0.3 is 5.32 Å². The third kappa shape index (κ3) is 4.16. The topological polar surface area (TPSA) is 64.0 Å². The highest BCUT2D eigenvalue weighted by molar-refractivity contribution is 9.10. The molecular weight excluding hydrogens is 414 g/mol. The summed E-state index contributed by atoms with van der Waals surface area (Å²) in [4.78, 5) is 29.3. The lowest BCUT2D eigenvalue weighted by atomic mass is 10.2. The van der Waals surface area contributed by atoms with Gasteiger partial charge in [-0.05, 0) is 47.1 Å². The van der Waals surface area contributed by atoms with Crippen LogP contribution in [-0.2, 0) is 11.3 Å². The molecule has 5 nitrogen and oxygen atoms in total. The molecule has 0 aliphatic carbocycles. The number of aromatic nitrogens is 2. The van der Waals surface area contributed by atoms with Gasteiger partial charge in [-0.15, -0.1) is 0 Å². The maximum Gasteiger partial charge on any atom is 0.262 e. The largest absolute Gasteiger partial charge is 0.325 e. The Morgan fingerprint density at radius 1 is 1.19 bits per heavy atom. The highest BCUT2D eigenvalue weighted by Gasteiger charge is 2.11. The predicted octanol–water partition coefficient (Wildman–Crippen LogP) is 4.30. The molecule has 1 aromatic heterocycles. The number of halogens is 1. The lowest BCUT2D eigenvalue weighted by molar-refractivity contribution is -0.115. The maximum absolute atomic E-state index is 12.6. The first-order valence-corrected chi connectivity index (χ1v) is 10.0. The van der Waals surface area contributed by atoms with Crippen molar-refractivity contribution in [1.82, 2.24) is 9.55 Å². The molecule has 1 heterocycles. The summed E-state index contributed by atoms with van der Waals surface area (Å²) in [7, 11) is 0. The highest BCUT2D eigenvalue weighted by atomic mass is 79.9. The van der Waals surface area contributed by atoms with E-state index in [0.29, 0.717) is 34.8 Å². The second kappa shape index (κ2) is 8.51. The summed E-state index contributed by atoms with van der Waals surface area (Å²) in [5, 5.41) is 4.14. The zero-order valence-corrected chi connectivity index (χ0v) is 16.6. The van der Waals surface area contributed by atoms with E-state index in [9.17, 15) is 9.59 Å². The number of hydrogen-bond acceptors (Lipinski definition) is 4. The lowest BCUT2D eigenvalue weighted by Crippen LogP contribution is -2.22. The molecule has 134 valence electrons. The molecule has 0 aliphatic heterocycles. The van der Waals surface area contributed by atoms with Gasteiger partial charge in [0.2, 0.25) is 5.91 Å². The fourth-order valence-electron chi connectivity index (χ4n) is 2.55. The minimum atomic E-state index is -0.0735. The van der Waals surface area contributed by atoms with Gasteiger partial charge in [0.25, 0.3) is 5.56 Å². The van der Waals surface area contributed by atoms with Crippen LogP contribution in [-0.4, -0.2) is 21.2 Å². The van der Waals surface area contributed by atoms with Crippen LogP contribution in [0, 0.1) is 0 Å². The SMILES string of the molecule is CCn1c(SCCC(=O)Nc2ccccc2Br)nc2ccccc2c1=O. The zero-order valence-electron chi connectivity index (χ0n) is 14.2. The van der Waals surface area contributed by atoms with Crippen molar-refractivity contribution in [3.63, 3.8) is 0 Å². The van der Waals surface area contributed by atoms with Crippen molar-refractivity contribution >= 4 is 50.2 Å². The van der Waals surface area contributed by atoms with Crippen LogP contribution in [0.3, 0.4) is 0 Å². The van der Waals surface area contributed by atoms with E-state index in [2.05, 4.69) is 26.2 Å². The lowest BCUT2D eigenvalue weighted by Gasteiger charge is -2.11. The molecule has 3 rings (SSSR count). The Morgan fingerprint density at radius 3 is 2.69 bits per heavy atom. The van der Waals surface area contributed by atoms with Gasteiger partial charge in [0.15, 0.2) is 5.16 Å². The van der Waals surface area contributed by atoms with E-state index in [4.69, 9.17) is 0 Å². The summed E-state index contributed by atoms with van der Waals surface area (Å²) in [6, 6.07) is 14.8. The second-order valence-electron chi connectivity index (χ2n) is 5.59. The number of amides is 1. The number of anilines is 1. The van der Waals surface area contributed by atoms with E-state index in [1.54, 1.807) is 10.6 Å². The molecule has 0 fully saturated rings.